The van der Waals surface area contributed by atoms with Crippen LogP contribution in [0.1, 0.15) is 54.9 Å². The highest BCUT2D eigenvalue weighted by Crippen LogP contribution is 2.18. The van der Waals surface area contributed by atoms with Gasteiger partial charge in [0.2, 0.25) is 0 Å². The molecule has 0 spiro atoms. The van der Waals surface area contributed by atoms with Crippen LogP contribution in [0.3, 0.4) is 0 Å². The van der Waals surface area contributed by atoms with Gasteiger partial charge in [-0.05, 0) is 25.0 Å². The number of Topliss-reactive ketones (excluding diaryl/α,β-unsaturated/α-hetero) is 1. The largest absolute Gasteiger partial charge is 0.294 e. The van der Waals surface area contributed by atoms with E-state index in [-0.39, 0.29) is 16.9 Å². The van der Waals surface area contributed by atoms with Crippen LogP contribution in [0.15, 0.2) is 12.1 Å². The molecule has 1 aromatic carbocycles. The lowest BCUT2D eigenvalue weighted by atomic mass is 10.0. The summed E-state index contributed by atoms with van der Waals surface area (Å²) in [5.41, 5.74) is 0.106. The molecule has 1 rings (SSSR count). The summed E-state index contributed by atoms with van der Waals surface area (Å²) in [6.07, 6.45) is 4.14. The van der Waals surface area contributed by atoms with Crippen LogP contribution in [-0.4, -0.2) is 5.78 Å². The quantitative estimate of drug-likeness (QED) is 0.531. The van der Waals surface area contributed by atoms with Gasteiger partial charge < -0.3 is 0 Å². The van der Waals surface area contributed by atoms with Gasteiger partial charge in [-0.25, -0.2) is 8.78 Å². The van der Waals surface area contributed by atoms with Gasteiger partial charge in [0.05, 0.1) is 5.56 Å². The molecule has 0 unspecified atom stereocenters. The summed E-state index contributed by atoms with van der Waals surface area (Å²) in [6.45, 7) is 3.56. The van der Waals surface area contributed by atoms with E-state index < -0.39 is 11.6 Å². The van der Waals surface area contributed by atoms with Gasteiger partial charge in [0.15, 0.2) is 17.4 Å². The Morgan fingerprint density at radius 1 is 1.12 bits per heavy atom. The van der Waals surface area contributed by atoms with E-state index in [1.165, 1.54) is 19.1 Å². The van der Waals surface area contributed by atoms with Crippen molar-refractivity contribution in [2.75, 3.05) is 0 Å². The van der Waals surface area contributed by atoms with Crippen LogP contribution in [0.2, 0.25) is 0 Å². The third-order valence-electron chi connectivity index (χ3n) is 2.83. The highest BCUT2D eigenvalue weighted by atomic mass is 19.2. The van der Waals surface area contributed by atoms with Crippen LogP contribution >= 0.6 is 0 Å². The second kappa shape index (κ2) is 6.48. The fourth-order valence-corrected chi connectivity index (χ4v) is 1.71. The zero-order valence-electron chi connectivity index (χ0n) is 10.4. The summed E-state index contributed by atoms with van der Waals surface area (Å²) in [4.78, 5) is 11.7. The first-order valence-corrected chi connectivity index (χ1v) is 6.05. The van der Waals surface area contributed by atoms with Gasteiger partial charge in [-0.2, -0.15) is 0 Å². The van der Waals surface area contributed by atoms with Crippen LogP contribution in [0, 0.1) is 18.6 Å². The second-order valence-corrected chi connectivity index (χ2v) is 4.29. The molecule has 0 amide bonds. The first kappa shape index (κ1) is 13.8. The molecule has 0 aliphatic heterocycles. The van der Waals surface area contributed by atoms with Crippen molar-refractivity contribution in [3.05, 3.63) is 34.9 Å². The molecule has 0 fully saturated rings. The van der Waals surface area contributed by atoms with E-state index in [4.69, 9.17) is 0 Å². The molecule has 17 heavy (non-hydrogen) atoms. The average molecular weight is 240 g/mol. The van der Waals surface area contributed by atoms with Crippen molar-refractivity contribution in [2.45, 2.75) is 46.0 Å². The van der Waals surface area contributed by atoms with Crippen LogP contribution in [0.5, 0.6) is 0 Å². The zero-order chi connectivity index (χ0) is 12.8. The van der Waals surface area contributed by atoms with Crippen molar-refractivity contribution in [1.82, 2.24) is 0 Å². The maximum atomic E-state index is 13.5. The van der Waals surface area contributed by atoms with Gasteiger partial charge in [-0.1, -0.05) is 32.3 Å². The molecule has 0 heterocycles. The maximum absolute atomic E-state index is 13.5. The number of benzene rings is 1. The lowest BCUT2D eigenvalue weighted by Crippen LogP contribution is -2.05. The molecule has 0 aliphatic rings. The van der Waals surface area contributed by atoms with Crippen molar-refractivity contribution >= 4 is 5.78 Å². The molecule has 0 aromatic heterocycles. The maximum Gasteiger partial charge on any atom is 0.169 e. The number of rotatable bonds is 6. The molecule has 1 nitrogen and oxygen atoms in total. The van der Waals surface area contributed by atoms with Gasteiger partial charge in [0.25, 0.3) is 0 Å². The van der Waals surface area contributed by atoms with E-state index in [2.05, 4.69) is 6.92 Å². The molecular weight excluding hydrogens is 222 g/mol. The second-order valence-electron chi connectivity index (χ2n) is 4.29. The topological polar surface area (TPSA) is 17.1 Å². The minimum Gasteiger partial charge on any atom is -0.294 e. The van der Waals surface area contributed by atoms with Gasteiger partial charge in [-0.3, -0.25) is 4.79 Å². The molecule has 0 radical (unpaired) electrons. The van der Waals surface area contributed by atoms with E-state index in [1.807, 2.05) is 0 Å². The molecule has 0 saturated carbocycles. The minimum absolute atomic E-state index is 0.121. The number of carbonyl (C=O) groups excluding carboxylic acids is 1. The Morgan fingerprint density at radius 2 is 1.82 bits per heavy atom. The standard InChI is InChI=1S/C14H18F2O/c1-3-4-5-6-7-12(17)11-9-8-10(2)13(15)14(11)16/h8-9H,3-7H2,1-2H3. The number of ketones is 1. The van der Waals surface area contributed by atoms with E-state index >= 15 is 0 Å². The predicted molar refractivity (Wildman–Crippen MR) is 64.2 cm³/mol. The molecule has 0 N–H and O–H groups in total. The van der Waals surface area contributed by atoms with Crippen LogP contribution in [0.25, 0.3) is 0 Å². The van der Waals surface area contributed by atoms with Crippen molar-refractivity contribution in [2.24, 2.45) is 0 Å². The number of hydrogen-bond donors (Lipinski definition) is 0. The lowest BCUT2D eigenvalue weighted by Gasteiger charge is -2.05. The molecule has 0 bridgehead atoms. The first-order chi connectivity index (χ1) is 8.07. The van der Waals surface area contributed by atoms with E-state index in [0.29, 0.717) is 6.42 Å². The number of unbranched alkanes of at least 4 members (excludes halogenated alkanes) is 3. The Morgan fingerprint density at radius 3 is 2.47 bits per heavy atom. The number of carbonyl (C=O) groups is 1. The first-order valence-electron chi connectivity index (χ1n) is 6.05. The summed E-state index contributed by atoms with van der Waals surface area (Å²) in [6, 6.07) is 2.81. The van der Waals surface area contributed by atoms with E-state index in [0.717, 1.165) is 25.7 Å². The number of hydrogen-bond acceptors (Lipinski definition) is 1. The third kappa shape index (κ3) is 3.62. The molecule has 3 heteroatoms. The van der Waals surface area contributed by atoms with E-state index in [1.54, 1.807) is 0 Å². The van der Waals surface area contributed by atoms with Gasteiger partial charge in [-0.15, -0.1) is 0 Å². The summed E-state index contributed by atoms with van der Waals surface area (Å²) in [7, 11) is 0. The normalized spacial score (nSPS) is 10.6. The Kier molecular flexibility index (Phi) is 5.26. The fraction of sp³-hybridized carbons (Fsp3) is 0.500. The summed E-state index contributed by atoms with van der Waals surface area (Å²) in [5, 5.41) is 0. The highest BCUT2D eigenvalue weighted by Gasteiger charge is 2.16. The SMILES string of the molecule is CCCCCCC(=O)c1ccc(C)c(F)c1F. The van der Waals surface area contributed by atoms with Crippen LogP contribution < -0.4 is 0 Å². The van der Waals surface area contributed by atoms with Crippen molar-refractivity contribution in [3.63, 3.8) is 0 Å². The molecule has 0 aliphatic carbocycles. The van der Waals surface area contributed by atoms with E-state index in [9.17, 15) is 13.6 Å². The average Bonchev–Trinajstić information content (AvgIpc) is 2.31. The van der Waals surface area contributed by atoms with Gasteiger partial charge in [0, 0.05) is 6.42 Å². The van der Waals surface area contributed by atoms with Crippen molar-refractivity contribution in [3.8, 4) is 0 Å². The fourth-order valence-electron chi connectivity index (χ4n) is 1.71. The molecule has 0 saturated heterocycles. The number of halogens is 2. The summed E-state index contributed by atoms with van der Waals surface area (Å²) >= 11 is 0. The molecular formula is C14H18F2O. The lowest BCUT2D eigenvalue weighted by molar-refractivity contribution is 0.0974. The molecule has 1 aromatic rings. The highest BCUT2D eigenvalue weighted by molar-refractivity contribution is 5.96. The van der Waals surface area contributed by atoms with Crippen LogP contribution in [0.4, 0.5) is 8.78 Å². The van der Waals surface area contributed by atoms with Crippen LogP contribution in [-0.2, 0) is 0 Å². The number of aryl methyl sites for hydroxylation is 1. The Labute approximate surface area is 101 Å². The summed E-state index contributed by atoms with van der Waals surface area (Å²) in [5.74, 6) is -2.23. The summed E-state index contributed by atoms with van der Waals surface area (Å²) < 4.78 is 26.8. The third-order valence-corrected chi connectivity index (χ3v) is 2.83. The Balaban J connectivity index is 2.66. The van der Waals surface area contributed by atoms with Crippen molar-refractivity contribution in [1.29, 1.82) is 0 Å². The smallest absolute Gasteiger partial charge is 0.169 e. The Bertz CT molecular complexity index is 399. The molecule has 0 atom stereocenters. The minimum atomic E-state index is -1.01. The monoisotopic (exact) mass is 240 g/mol. The zero-order valence-corrected chi connectivity index (χ0v) is 10.4. The molecule has 94 valence electrons. The Hall–Kier alpha value is -1.25. The van der Waals surface area contributed by atoms with Gasteiger partial charge in [0.1, 0.15) is 0 Å². The van der Waals surface area contributed by atoms with Crippen molar-refractivity contribution < 1.29 is 13.6 Å². The predicted octanol–water partition coefficient (Wildman–Crippen LogP) is 4.43. The van der Waals surface area contributed by atoms with Gasteiger partial charge >= 0.3 is 0 Å².